The molecule has 0 radical (unpaired) electrons. The van der Waals surface area contributed by atoms with Crippen molar-refractivity contribution in [1.29, 1.82) is 5.26 Å². The Morgan fingerprint density at radius 2 is 2.10 bits per heavy atom. The van der Waals surface area contributed by atoms with Crippen LogP contribution in [0.25, 0.3) is 0 Å². The highest BCUT2D eigenvalue weighted by Crippen LogP contribution is 2.22. The molecule has 6 heteroatoms. The van der Waals surface area contributed by atoms with Gasteiger partial charge in [0.2, 0.25) is 0 Å². The molecule has 1 aromatic carbocycles. The first kappa shape index (κ1) is 17.4. The van der Waals surface area contributed by atoms with E-state index in [0.29, 0.717) is 16.9 Å². The highest BCUT2D eigenvalue weighted by atomic mass is 32.2. The molecule has 5 nitrogen and oxygen atoms in total. The summed E-state index contributed by atoms with van der Waals surface area (Å²) >= 11 is 1.09. The minimum absolute atomic E-state index is 0.0409. The molecule has 1 aromatic rings. The summed E-state index contributed by atoms with van der Waals surface area (Å²) < 4.78 is 0. The Hall–Kier alpha value is -1.68. The van der Waals surface area contributed by atoms with Crippen LogP contribution in [0, 0.1) is 11.3 Å². The molecule has 0 aliphatic carbocycles. The summed E-state index contributed by atoms with van der Waals surface area (Å²) in [5.41, 5.74) is 0.748. The van der Waals surface area contributed by atoms with E-state index in [9.17, 15) is 19.8 Å². The van der Waals surface area contributed by atoms with Crippen LogP contribution < -0.4 is 0 Å². The van der Waals surface area contributed by atoms with Gasteiger partial charge >= 0.3 is 0 Å². The maximum absolute atomic E-state index is 11.6. The van der Waals surface area contributed by atoms with Crippen molar-refractivity contribution < 1.29 is 19.8 Å². The SMILES string of the molecule is CC(=O)SCCC(O)C(O)c1cccc(C(=O)CC#N)c1. The Balaban J connectivity index is 2.71. The molecule has 0 saturated heterocycles. The van der Waals surface area contributed by atoms with Crippen molar-refractivity contribution >= 4 is 22.7 Å². The van der Waals surface area contributed by atoms with Gasteiger partial charge in [-0.05, 0) is 18.1 Å². The summed E-state index contributed by atoms with van der Waals surface area (Å²) in [4.78, 5) is 22.4. The Labute approximate surface area is 127 Å². The number of hydrogen-bond donors (Lipinski definition) is 2. The first-order chi connectivity index (χ1) is 9.95. The van der Waals surface area contributed by atoms with E-state index in [1.807, 2.05) is 0 Å². The third-order valence-corrected chi connectivity index (χ3v) is 3.72. The van der Waals surface area contributed by atoms with Gasteiger partial charge in [-0.2, -0.15) is 5.26 Å². The van der Waals surface area contributed by atoms with Crippen molar-refractivity contribution in [3.8, 4) is 6.07 Å². The third-order valence-electron chi connectivity index (χ3n) is 2.87. The third kappa shape index (κ3) is 5.68. The number of nitrogens with zero attached hydrogens (tertiary/aromatic N) is 1. The lowest BCUT2D eigenvalue weighted by atomic mass is 9.98. The van der Waals surface area contributed by atoms with Crippen LogP contribution in [-0.4, -0.2) is 33.0 Å². The van der Waals surface area contributed by atoms with Gasteiger partial charge < -0.3 is 10.2 Å². The molecule has 0 aliphatic rings. The highest BCUT2D eigenvalue weighted by Gasteiger charge is 2.19. The van der Waals surface area contributed by atoms with Crippen LogP contribution in [0.2, 0.25) is 0 Å². The fourth-order valence-electron chi connectivity index (χ4n) is 1.77. The zero-order valence-electron chi connectivity index (χ0n) is 11.7. The van der Waals surface area contributed by atoms with Crippen molar-refractivity contribution in [2.75, 3.05) is 5.75 Å². The fourth-order valence-corrected chi connectivity index (χ4v) is 2.42. The second-order valence-corrected chi connectivity index (χ2v) is 5.80. The predicted molar refractivity (Wildman–Crippen MR) is 79.7 cm³/mol. The van der Waals surface area contributed by atoms with E-state index in [0.717, 1.165) is 11.8 Å². The van der Waals surface area contributed by atoms with Crippen LogP contribution in [-0.2, 0) is 4.79 Å². The second kappa shape index (κ2) is 8.57. The Morgan fingerprint density at radius 1 is 1.38 bits per heavy atom. The van der Waals surface area contributed by atoms with Gasteiger partial charge in [0.1, 0.15) is 6.10 Å². The summed E-state index contributed by atoms with van der Waals surface area (Å²) in [6.07, 6.45) is -2.11. The van der Waals surface area contributed by atoms with E-state index < -0.39 is 12.2 Å². The number of thioether (sulfide) groups is 1. The van der Waals surface area contributed by atoms with Crippen LogP contribution in [0.15, 0.2) is 24.3 Å². The minimum atomic E-state index is -1.13. The monoisotopic (exact) mass is 307 g/mol. The van der Waals surface area contributed by atoms with Crippen LogP contribution in [0.5, 0.6) is 0 Å². The molecule has 0 bridgehead atoms. The lowest BCUT2D eigenvalue weighted by Crippen LogP contribution is -2.19. The maximum atomic E-state index is 11.6. The molecule has 0 aromatic heterocycles. The molecular formula is C15H17NO4S. The number of rotatable bonds is 7. The molecule has 2 atom stereocenters. The number of Topliss-reactive ketones (excluding diaryl/α,β-unsaturated/α-hetero) is 1. The van der Waals surface area contributed by atoms with Gasteiger partial charge in [-0.25, -0.2) is 0 Å². The van der Waals surface area contributed by atoms with Crippen LogP contribution in [0.3, 0.4) is 0 Å². The predicted octanol–water partition coefficient (Wildman–Crippen LogP) is 1.85. The zero-order chi connectivity index (χ0) is 15.8. The van der Waals surface area contributed by atoms with Crippen LogP contribution in [0.1, 0.15) is 41.8 Å². The van der Waals surface area contributed by atoms with Crippen LogP contribution in [0.4, 0.5) is 0 Å². The van der Waals surface area contributed by atoms with E-state index in [1.54, 1.807) is 24.3 Å². The Morgan fingerprint density at radius 3 is 2.71 bits per heavy atom. The molecule has 0 spiro atoms. The van der Waals surface area contributed by atoms with E-state index in [2.05, 4.69) is 0 Å². The molecular weight excluding hydrogens is 290 g/mol. The molecule has 0 amide bonds. The van der Waals surface area contributed by atoms with Gasteiger partial charge in [0.15, 0.2) is 10.9 Å². The number of ketones is 1. The average Bonchev–Trinajstić information content (AvgIpc) is 2.46. The summed E-state index contributed by atoms with van der Waals surface area (Å²) in [6, 6.07) is 8.02. The standard InChI is InChI=1S/C15H17NO4S/c1-10(17)21-8-6-14(19)15(20)12-4-2-3-11(9-12)13(18)5-7-16/h2-4,9,14-15,19-20H,5-6,8H2,1H3. The average molecular weight is 307 g/mol. The molecule has 1 rings (SSSR count). The van der Waals surface area contributed by atoms with Gasteiger partial charge in [-0.15, -0.1) is 0 Å². The number of benzene rings is 1. The summed E-state index contributed by atoms with van der Waals surface area (Å²) in [5.74, 6) is 0.0915. The van der Waals surface area contributed by atoms with E-state index in [4.69, 9.17) is 5.26 Å². The Kier molecular flexibility index (Phi) is 7.09. The van der Waals surface area contributed by atoms with Gasteiger partial charge in [0, 0.05) is 18.2 Å². The van der Waals surface area contributed by atoms with Crippen molar-refractivity contribution in [2.24, 2.45) is 0 Å². The summed E-state index contributed by atoms with van der Waals surface area (Å²) in [5, 5.41) is 28.5. The molecule has 0 fully saturated rings. The minimum Gasteiger partial charge on any atom is -0.390 e. The summed E-state index contributed by atoms with van der Waals surface area (Å²) in [7, 11) is 0. The summed E-state index contributed by atoms with van der Waals surface area (Å²) in [6.45, 7) is 1.44. The lowest BCUT2D eigenvalue weighted by molar-refractivity contribution is -0.109. The number of aliphatic hydroxyl groups excluding tert-OH is 2. The molecule has 0 aliphatic heterocycles. The topological polar surface area (TPSA) is 98.4 Å². The Bertz CT molecular complexity index is 553. The molecule has 112 valence electrons. The van der Waals surface area contributed by atoms with Crippen molar-refractivity contribution in [3.05, 3.63) is 35.4 Å². The number of aliphatic hydroxyl groups is 2. The number of carbonyl (C=O) groups excluding carboxylic acids is 2. The molecule has 0 saturated carbocycles. The van der Waals surface area contributed by atoms with Gasteiger partial charge in [0.05, 0.1) is 18.6 Å². The molecule has 2 unspecified atom stereocenters. The molecule has 2 N–H and O–H groups in total. The quantitative estimate of drug-likeness (QED) is 0.746. The number of nitriles is 1. The highest BCUT2D eigenvalue weighted by molar-refractivity contribution is 8.13. The van der Waals surface area contributed by atoms with Crippen molar-refractivity contribution in [3.63, 3.8) is 0 Å². The smallest absolute Gasteiger partial charge is 0.185 e. The molecule has 0 heterocycles. The zero-order valence-corrected chi connectivity index (χ0v) is 12.5. The van der Waals surface area contributed by atoms with Gasteiger partial charge in [0.25, 0.3) is 0 Å². The number of hydrogen-bond acceptors (Lipinski definition) is 6. The van der Waals surface area contributed by atoms with E-state index in [1.165, 1.54) is 13.0 Å². The molecule has 21 heavy (non-hydrogen) atoms. The first-order valence-corrected chi connectivity index (χ1v) is 7.44. The number of carbonyl (C=O) groups is 2. The first-order valence-electron chi connectivity index (χ1n) is 6.45. The fraction of sp³-hybridized carbons (Fsp3) is 0.400. The van der Waals surface area contributed by atoms with Crippen molar-refractivity contribution in [1.82, 2.24) is 0 Å². The van der Waals surface area contributed by atoms with Crippen LogP contribution >= 0.6 is 11.8 Å². The maximum Gasteiger partial charge on any atom is 0.185 e. The van der Waals surface area contributed by atoms with Gasteiger partial charge in [-0.1, -0.05) is 30.0 Å². The van der Waals surface area contributed by atoms with Gasteiger partial charge in [-0.3, -0.25) is 9.59 Å². The van der Waals surface area contributed by atoms with Crippen molar-refractivity contribution in [2.45, 2.75) is 32.0 Å². The largest absolute Gasteiger partial charge is 0.390 e. The van der Waals surface area contributed by atoms with E-state index in [-0.39, 0.29) is 23.7 Å². The second-order valence-electron chi connectivity index (χ2n) is 4.52. The lowest BCUT2D eigenvalue weighted by Gasteiger charge is -2.18. The van der Waals surface area contributed by atoms with E-state index >= 15 is 0 Å². The normalized spacial score (nSPS) is 13.2.